The number of methoxy groups -OCH3 is 1. The van der Waals surface area contributed by atoms with Crippen molar-refractivity contribution < 1.29 is 18.9 Å². The van der Waals surface area contributed by atoms with Crippen molar-refractivity contribution in [2.75, 3.05) is 7.11 Å². The van der Waals surface area contributed by atoms with Crippen LogP contribution in [0.25, 0.3) is 0 Å². The molecule has 0 saturated carbocycles. The molecule has 0 fully saturated rings. The Labute approximate surface area is 214 Å². The molecule has 36 heavy (non-hydrogen) atoms. The predicted octanol–water partition coefficient (Wildman–Crippen LogP) is 8.42. The first kappa shape index (κ1) is 25.2. The van der Waals surface area contributed by atoms with Gasteiger partial charge in [0.2, 0.25) is 0 Å². The minimum Gasteiger partial charge on any atom is -0.497 e. The molecule has 186 valence electrons. The monoisotopic (exact) mass is 482 g/mol. The summed E-state index contributed by atoms with van der Waals surface area (Å²) in [6.45, 7) is 10.4. The van der Waals surface area contributed by atoms with Gasteiger partial charge in [0.05, 0.1) is 7.11 Å². The molecule has 0 amide bonds. The predicted molar refractivity (Wildman–Crippen MR) is 144 cm³/mol. The van der Waals surface area contributed by atoms with Gasteiger partial charge in [0.15, 0.2) is 0 Å². The Morgan fingerprint density at radius 1 is 0.444 bits per heavy atom. The molecule has 4 aromatic carbocycles. The molecule has 0 aromatic heterocycles. The Kier molecular flexibility index (Phi) is 7.25. The van der Waals surface area contributed by atoms with Gasteiger partial charge in [-0.3, -0.25) is 0 Å². The molecule has 0 saturated heterocycles. The highest BCUT2D eigenvalue weighted by Crippen LogP contribution is 2.33. The molecule has 0 bridgehead atoms. The van der Waals surface area contributed by atoms with E-state index in [0.717, 1.165) is 39.9 Å². The number of ether oxygens (including phenoxy) is 4. The maximum absolute atomic E-state index is 6.33. The van der Waals surface area contributed by atoms with Crippen LogP contribution in [0.15, 0.2) is 97.1 Å². The van der Waals surface area contributed by atoms with Crippen molar-refractivity contribution in [2.45, 2.75) is 45.8 Å². The van der Waals surface area contributed by atoms with Crippen LogP contribution in [0, 0.1) is 6.92 Å². The van der Waals surface area contributed by atoms with Gasteiger partial charge in [-0.05, 0) is 106 Å². The zero-order chi connectivity index (χ0) is 25.8. The van der Waals surface area contributed by atoms with Crippen LogP contribution in [0.5, 0.6) is 28.7 Å². The zero-order valence-corrected chi connectivity index (χ0v) is 21.9. The van der Waals surface area contributed by atoms with Gasteiger partial charge in [-0.1, -0.05) is 42.0 Å². The van der Waals surface area contributed by atoms with Gasteiger partial charge in [0.1, 0.15) is 39.9 Å². The van der Waals surface area contributed by atoms with Gasteiger partial charge in [0.25, 0.3) is 0 Å². The Bertz CT molecular complexity index is 1250. The lowest BCUT2D eigenvalue weighted by Crippen LogP contribution is -2.26. The lowest BCUT2D eigenvalue weighted by Gasteiger charge is -2.29. The number of hydrogen-bond acceptors (Lipinski definition) is 4. The Morgan fingerprint density at radius 2 is 0.778 bits per heavy atom. The van der Waals surface area contributed by atoms with E-state index in [2.05, 4.69) is 71.0 Å². The summed E-state index contributed by atoms with van der Waals surface area (Å²) in [6, 6.07) is 31.7. The molecule has 0 atom stereocenters. The molecule has 0 radical (unpaired) electrons. The van der Waals surface area contributed by atoms with Gasteiger partial charge in [0, 0.05) is 0 Å². The average molecular weight is 483 g/mol. The fourth-order valence-electron chi connectivity index (χ4n) is 3.94. The third-order valence-corrected chi connectivity index (χ3v) is 6.16. The SMILES string of the molecule is COc1ccc(Oc2ccc(OC(C)(C)c3ccc(OC(C)(C)c4ccc(C)cc4)cc3)cc2)cc1. The van der Waals surface area contributed by atoms with E-state index in [0.29, 0.717) is 0 Å². The summed E-state index contributed by atoms with van der Waals surface area (Å²) in [5.74, 6) is 3.87. The lowest BCUT2D eigenvalue weighted by atomic mass is 9.96. The van der Waals surface area contributed by atoms with E-state index in [9.17, 15) is 0 Å². The number of aryl methyl sites for hydroxylation is 1. The van der Waals surface area contributed by atoms with Crippen LogP contribution < -0.4 is 18.9 Å². The molecule has 0 aliphatic rings. The molecule has 4 rings (SSSR count). The summed E-state index contributed by atoms with van der Waals surface area (Å²) in [5, 5.41) is 0. The van der Waals surface area contributed by atoms with E-state index in [-0.39, 0.29) is 0 Å². The normalized spacial score (nSPS) is 11.6. The second kappa shape index (κ2) is 10.4. The van der Waals surface area contributed by atoms with Crippen LogP contribution >= 0.6 is 0 Å². The average Bonchev–Trinajstić information content (AvgIpc) is 2.86. The van der Waals surface area contributed by atoms with Crippen molar-refractivity contribution >= 4 is 0 Å². The van der Waals surface area contributed by atoms with Crippen molar-refractivity contribution in [1.82, 2.24) is 0 Å². The highest BCUT2D eigenvalue weighted by atomic mass is 16.5. The highest BCUT2D eigenvalue weighted by molar-refractivity contribution is 5.39. The quantitative estimate of drug-likeness (QED) is 0.240. The Balaban J connectivity index is 1.39. The van der Waals surface area contributed by atoms with Crippen molar-refractivity contribution in [3.05, 3.63) is 114 Å². The van der Waals surface area contributed by atoms with Gasteiger partial charge in [-0.25, -0.2) is 0 Å². The van der Waals surface area contributed by atoms with E-state index >= 15 is 0 Å². The highest BCUT2D eigenvalue weighted by Gasteiger charge is 2.25. The second-order valence-electron chi connectivity index (χ2n) is 9.86. The summed E-state index contributed by atoms with van der Waals surface area (Å²) in [4.78, 5) is 0. The third kappa shape index (κ3) is 6.19. The van der Waals surface area contributed by atoms with Crippen LogP contribution in [0.3, 0.4) is 0 Å². The van der Waals surface area contributed by atoms with Crippen LogP contribution in [-0.4, -0.2) is 7.11 Å². The minimum absolute atomic E-state index is 0.434. The number of hydrogen-bond donors (Lipinski definition) is 0. The maximum Gasteiger partial charge on any atom is 0.128 e. The Hall–Kier alpha value is -3.92. The molecule has 0 spiro atoms. The summed E-state index contributed by atoms with van der Waals surface area (Å²) < 4.78 is 23.8. The minimum atomic E-state index is -0.524. The standard InChI is InChI=1S/C32H34O4/c1-23-7-9-24(10-8-23)31(2,3)35-29-13-11-25(12-14-29)32(4,5)36-30-21-19-28(20-22-30)34-27-17-15-26(33-6)16-18-27/h7-22H,1-6H3. The molecular weight excluding hydrogens is 448 g/mol. The van der Waals surface area contributed by atoms with Crippen molar-refractivity contribution in [2.24, 2.45) is 0 Å². The second-order valence-corrected chi connectivity index (χ2v) is 9.86. The molecule has 0 aliphatic heterocycles. The van der Waals surface area contributed by atoms with Crippen LogP contribution in [-0.2, 0) is 11.2 Å². The Morgan fingerprint density at radius 3 is 1.19 bits per heavy atom. The summed E-state index contributed by atoms with van der Waals surface area (Å²) in [6.07, 6.45) is 0. The van der Waals surface area contributed by atoms with E-state index in [1.165, 1.54) is 5.56 Å². The smallest absolute Gasteiger partial charge is 0.128 e. The lowest BCUT2D eigenvalue weighted by molar-refractivity contribution is 0.105. The number of benzene rings is 4. The first-order valence-electron chi connectivity index (χ1n) is 12.1. The summed E-state index contributed by atoms with van der Waals surface area (Å²) in [7, 11) is 1.64. The molecule has 0 N–H and O–H groups in total. The topological polar surface area (TPSA) is 36.9 Å². The molecular formula is C32H34O4. The van der Waals surface area contributed by atoms with E-state index in [4.69, 9.17) is 18.9 Å². The van der Waals surface area contributed by atoms with E-state index < -0.39 is 11.2 Å². The van der Waals surface area contributed by atoms with E-state index in [1.807, 2.05) is 60.7 Å². The van der Waals surface area contributed by atoms with E-state index in [1.54, 1.807) is 7.11 Å². The first-order valence-corrected chi connectivity index (χ1v) is 12.1. The molecule has 4 aromatic rings. The third-order valence-electron chi connectivity index (χ3n) is 6.16. The summed E-state index contributed by atoms with van der Waals surface area (Å²) in [5.41, 5.74) is 2.47. The van der Waals surface area contributed by atoms with Crippen LogP contribution in [0.1, 0.15) is 44.4 Å². The first-order chi connectivity index (χ1) is 17.1. The van der Waals surface area contributed by atoms with Gasteiger partial charge < -0.3 is 18.9 Å². The fourth-order valence-corrected chi connectivity index (χ4v) is 3.94. The molecule has 0 unspecified atom stereocenters. The molecule has 4 heteroatoms. The summed E-state index contributed by atoms with van der Waals surface area (Å²) >= 11 is 0. The molecule has 0 aliphatic carbocycles. The fraction of sp³-hybridized carbons (Fsp3) is 0.250. The van der Waals surface area contributed by atoms with Crippen molar-refractivity contribution in [3.8, 4) is 28.7 Å². The van der Waals surface area contributed by atoms with Crippen molar-refractivity contribution in [3.63, 3.8) is 0 Å². The van der Waals surface area contributed by atoms with Crippen LogP contribution in [0.4, 0.5) is 0 Å². The maximum atomic E-state index is 6.33. The van der Waals surface area contributed by atoms with Gasteiger partial charge in [-0.2, -0.15) is 0 Å². The zero-order valence-electron chi connectivity index (χ0n) is 21.9. The largest absolute Gasteiger partial charge is 0.497 e. The van der Waals surface area contributed by atoms with Gasteiger partial charge in [-0.15, -0.1) is 0 Å². The molecule has 0 heterocycles. The van der Waals surface area contributed by atoms with Crippen molar-refractivity contribution in [1.29, 1.82) is 0 Å². The van der Waals surface area contributed by atoms with Gasteiger partial charge >= 0.3 is 0 Å². The molecule has 4 nitrogen and oxygen atoms in total. The van der Waals surface area contributed by atoms with Crippen LogP contribution in [0.2, 0.25) is 0 Å². The number of rotatable bonds is 9.